The molecule has 0 aromatic heterocycles. The fourth-order valence-corrected chi connectivity index (χ4v) is 8.68. The molecule has 2 aromatic rings. The van der Waals surface area contributed by atoms with Gasteiger partial charge in [-0.25, -0.2) is 9.59 Å². The third-order valence-electron chi connectivity index (χ3n) is 11.0. The normalized spacial score (nSPS) is 23.8. The van der Waals surface area contributed by atoms with Gasteiger partial charge >= 0.3 is 12.2 Å². The second-order valence-corrected chi connectivity index (χ2v) is 14.6. The third-order valence-corrected chi connectivity index (χ3v) is 11.0. The summed E-state index contributed by atoms with van der Waals surface area (Å²) < 4.78 is 31.3. The number of oxime groups is 1. The number of unbranched alkanes of at least 4 members (excludes halogenated alkanes) is 2. The number of nitrogens with zero attached hydrogens (tertiary/aromatic N) is 2. The first-order valence-corrected chi connectivity index (χ1v) is 20.7. The lowest BCUT2D eigenvalue weighted by Crippen LogP contribution is -2.70. The van der Waals surface area contributed by atoms with Gasteiger partial charge in [0.25, 0.3) is 0 Å². The molecule has 14 heteroatoms. The second kappa shape index (κ2) is 22.6. The molecule has 1 aliphatic heterocycles. The Morgan fingerprint density at radius 2 is 1.78 bits per heavy atom. The minimum Gasteiger partial charge on any atom is -0.459 e. The summed E-state index contributed by atoms with van der Waals surface area (Å²) in [6.07, 6.45) is 7.24. The number of benzene rings is 2. The van der Waals surface area contributed by atoms with E-state index >= 15 is 0 Å². The van der Waals surface area contributed by atoms with E-state index in [1.54, 1.807) is 30.0 Å². The molecule has 2 amide bonds. The number of hydrogen-bond acceptors (Lipinski definition) is 12. The smallest absolute Gasteiger partial charge is 0.412 e. The summed E-state index contributed by atoms with van der Waals surface area (Å²) in [4.78, 5) is 34.5. The molecule has 4 N–H and O–H groups in total. The van der Waals surface area contributed by atoms with E-state index in [0.717, 1.165) is 42.4 Å². The zero-order valence-corrected chi connectivity index (χ0v) is 33.9. The molecule has 2 aromatic carbocycles. The lowest BCUT2D eigenvalue weighted by molar-refractivity contribution is -0.256. The van der Waals surface area contributed by atoms with Crippen LogP contribution in [0.1, 0.15) is 75.8 Å². The highest BCUT2D eigenvalue weighted by Gasteiger charge is 2.65. The predicted octanol–water partition coefficient (Wildman–Crippen LogP) is 6.10. The van der Waals surface area contributed by atoms with Crippen molar-refractivity contribution in [3.8, 4) is 11.5 Å². The van der Waals surface area contributed by atoms with Gasteiger partial charge in [-0.15, -0.1) is 6.58 Å². The highest BCUT2D eigenvalue weighted by Crippen LogP contribution is 2.62. The van der Waals surface area contributed by atoms with E-state index in [2.05, 4.69) is 23.1 Å². The molecule has 1 heterocycles. The monoisotopic (exact) mass is 807 g/mol. The molecule has 6 atom stereocenters. The van der Waals surface area contributed by atoms with E-state index in [0.29, 0.717) is 43.2 Å². The Kier molecular flexibility index (Phi) is 17.4. The van der Waals surface area contributed by atoms with Crippen LogP contribution >= 0.6 is 0 Å². The van der Waals surface area contributed by atoms with Crippen LogP contribution in [-0.2, 0) is 25.6 Å². The van der Waals surface area contributed by atoms with Crippen molar-refractivity contribution in [2.24, 2.45) is 22.9 Å². The Morgan fingerprint density at radius 1 is 1.00 bits per heavy atom. The highest BCUT2D eigenvalue weighted by atomic mass is 16.7. The van der Waals surface area contributed by atoms with Gasteiger partial charge in [0.2, 0.25) is 5.79 Å². The molecule has 2 aliphatic carbocycles. The third kappa shape index (κ3) is 10.8. The number of allylic oxidation sites excluding steroid dienone is 1. The second-order valence-electron chi connectivity index (χ2n) is 14.6. The lowest BCUT2D eigenvalue weighted by atomic mass is 9.55. The summed E-state index contributed by atoms with van der Waals surface area (Å²) in [5.74, 6) is -1.51. The molecule has 6 unspecified atom stereocenters. The zero-order chi connectivity index (χ0) is 41.3. The Labute approximate surface area is 341 Å². The van der Waals surface area contributed by atoms with E-state index in [1.165, 1.54) is 0 Å². The zero-order valence-electron chi connectivity index (χ0n) is 33.9. The first kappa shape index (κ1) is 44.6. The van der Waals surface area contributed by atoms with E-state index in [1.807, 2.05) is 43.3 Å². The molecular formula is C44H61N3O11. The average molecular weight is 808 g/mol. The highest BCUT2D eigenvalue weighted by molar-refractivity contribution is 6.03. The summed E-state index contributed by atoms with van der Waals surface area (Å²) >= 11 is 0. The van der Waals surface area contributed by atoms with Gasteiger partial charge in [-0.05, 0) is 80.7 Å². The number of carbonyl (C=O) groups excluding carboxylic acids is 2. The molecule has 0 saturated heterocycles. The molecule has 58 heavy (non-hydrogen) atoms. The van der Waals surface area contributed by atoms with Crippen LogP contribution in [0, 0.1) is 17.8 Å². The first-order valence-electron chi connectivity index (χ1n) is 20.7. The van der Waals surface area contributed by atoms with Gasteiger partial charge < -0.3 is 49.2 Å². The van der Waals surface area contributed by atoms with Crippen LogP contribution in [0.25, 0.3) is 0 Å². The lowest BCUT2D eigenvalue weighted by Gasteiger charge is -2.59. The molecule has 0 bridgehead atoms. The van der Waals surface area contributed by atoms with Crippen LogP contribution in [0.3, 0.4) is 0 Å². The summed E-state index contributed by atoms with van der Waals surface area (Å²) in [5, 5.41) is 36.6. The molecular weight excluding hydrogens is 746 g/mol. The number of nitrogens with one attached hydrogen (secondary N) is 1. The van der Waals surface area contributed by atoms with E-state index < -0.39 is 29.9 Å². The molecule has 14 nitrogen and oxygen atoms in total. The van der Waals surface area contributed by atoms with Gasteiger partial charge in [0.15, 0.2) is 0 Å². The topological polar surface area (TPSA) is 178 Å². The number of fused-ring (bicyclic) bond motifs is 2. The van der Waals surface area contributed by atoms with Gasteiger partial charge in [0.05, 0.1) is 44.7 Å². The van der Waals surface area contributed by atoms with Crippen LogP contribution < -0.4 is 14.8 Å². The first-order chi connectivity index (χ1) is 28.3. The number of rotatable bonds is 23. The predicted molar refractivity (Wildman–Crippen MR) is 218 cm³/mol. The van der Waals surface area contributed by atoms with E-state index in [4.69, 9.17) is 28.5 Å². The summed E-state index contributed by atoms with van der Waals surface area (Å²) in [6.45, 7) is 8.68. The number of hydrogen-bond donors (Lipinski definition) is 4. The van der Waals surface area contributed by atoms with Crippen molar-refractivity contribution in [2.45, 2.75) is 83.1 Å². The molecule has 0 radical (unpaired) electrons. The molecule has 1 fully saturated rings. The SMILES string of the molecule is C=CCOC12Oc3ccc(OC(=O)NCc4ccccc4)cc3C3C(CCCCO)C(CCCCO)C=C(C(=NOCC)CC1N(CCOCCO)C(=O)OCC)C32. The fourth-order valence-electron chi connectivity index (χ4n) is 8.68. The van der Waals surface area contributed by atoms with Crippen LogP contribution in [0.15, 0.2) is 78.0 Å². The number of ether oxygens (including phenoxy) is 5. The number of aliphatic hydroxyl groups excluding tert-OH is 3. The molecule has 3 aliphatic rings. The van der Waals surface area contributed by atoms with Crippen LogP contribution in [0.5, 0.6) is 11.5 Å². The molecule has 318 valence electrons. The number of aliphatic hydroxyl groups is 3. The van der Waals surface area contributed by atoms with E-state index in [9.17, 15) is 24.9 Å². The minimum absolute atomic E-state index is 0.0217. The van der Waals surface area contributed by atoms with Gasteiger partial charge in [0, 0.05) is 44.2 Å². The van der Waals surface area contributed by atoms with Crippen molar-refractivity contribution < 1.29 is 53.4 Å². The Morgan fingerprint density at radius 3 is 2.48 bits per heavy atom. The largest absolute Gasteiger partial charge is 0.459 e. The van der Waals surface area contributed by atoms with Gasteiger partial charge in [0.1, 0.15) is 24.1 Å². The van der Waals surface area contributed by atoms with Gasteiger partial charge in [-0.2, -0.15) is 0 Å². The van der Waals surface area contributed by atoms with Crippen LogP contribution in [-0.4, -0.2) is 109 Å². The van der Waals surface area contributed by atoms with Gasteiger partial charge in [-0.3, -0.25) is 4.90 Å². The standard InChI is InChI=1S/C44H61N3O11/c1-4-24-55-44-39(47(43(52)54-5-2)20-25-53-26-23-50)29-37(46-56-6-3)35-27-32(16-10-12-21-48)34(17-11-13-22-49)40(41(35)44)36-28-33(18-19-38(36)58-44)57-42(51)45-30-31-14-8-7-9-15-31/h4,7-9,14-15,18-19,27-28,32,34,39-41,48-50H,1,5-6,10-13,16-17,20-26,29-30H2,2-3H3,(H,45,51). The van der Waals surface area contributed by atoms with E-state index in [-0.39, 0.29) is 77.0 Å². The van der Waals surface area contributed by atoms with Gasteiger partial charge in [-0.1, -0.05) is 60.5 Å². The van der Waals surface area contributed by atoms with Crippen LogP contribution in [0.2, 0.25) is 0 Å². The van der Waals surface area contributed by atoms with Crippen molar-refractivity contribution >= 4 is 17.9 Å². The Balaban J connectivity index is 1.69. The Bertz CT molecular complexity index is 1690. The van der Waals surface area contributed by atoms with Crippen LogP contribution in [0.4, 0.5) is 9.59 Å². The quantitative estimate of drug-likeness (QED) is 0.0580. The van der Waals surface area contributed by atoms with Crippen molar-refractivity contribution in [1.29, 1.82) is 0 Å². The summed E-state index contributed by atoms with van der Waals surface area (Å²) in [5.41, 5.74) is 3.27. The maximum atomic E-state index is 14.0. The Hall–Kier alpha value is -4.47. The fraction of sp³-hybridized carbons (Fsp3) is 0.568. The van der Waals surface area contributed by atoms with Crippen molar-refractivity contribution in [1.82, 2.24) is 10.2 Å². The van der Waals surface area contributed by atoms with Crippen molar-refractivity contribution in [2.75, 3.05) is 59.4 Å². The average Bonchev–Trinajstić information content (AvgIpc) is 3.23. The number of amides is 2. The summed E-state index contributed by atoms with van der Waals surface area (Å²) in [6, 6.07) is 14.1. The maximum Gasteiger partial charge on any atom is 0.412 e. The maximum absolute atomic E-state index is 14.0. The molecule has 0 spiro atoms. The summed E-state index contributed by atoms with van der Waals surface area (Å²) in [7, 11) is 0. The number of carbonyl (C=O) groups is 2. The molecule has 1 saturated carbocycles. The minimum atomic E-state index is -1.49. The van der Waals surface area contributed by atoms with Crippen molar-refractivity contribution in [3.05, 3.63) is 84.0 Å². The molecule has 5 rings (SSSR count). The van der Waals surface area contributed by atoms with Crippen molar-refractivity contribution in [3.63, 3.8) is 0 Å².